The van der Waals surface area contributed by atoms with Crippen LogP contribution in [0.1, 0.15) is 38.5 Å². The normalized spacial score (nSPS) is 28.5. The number of piperidine rings is 1. The molecule has 0 spiro atoms. The average Bonchev–Trinajstić information content (AvgIpc) is 2.75. The maximum atomic E-state index is 12.7. The first-order chi connectivity index (χ1) is 14.0. The van der Waals surface area contributed by atoms with Gasteiger partial charge < -0.3 is 15.0 Å². The van der Waals surface area contributed by atoms with Gasteiger partial charge in [-0.15, -0.1) is 0 Å². The number of carbonyl (C=O) groups is 1. The van der Waals surface area contributed by atoms with Gasteiger partial charge in [-0.3, -0.25) is 4.79 Å². The van der Waals surface area contributed by atoms with Crippen molar-refractivity contribution in [3.05, 3.63) is 24.3 Å². The number of anilines is 1. The van der Waals surface area contributed by atoms with Crippen molar-refractivity contribution in [2.45, 2.75) is 49.5 Å². The number of quaternary nitrogens is 1. The largest absolute Gasteiger partial charge is 0.379 e. The highest BCUT2D eigenvalue weighted by Crippen LogP contribution is 2.28. The molecule has 1 amide bonds. The van der Waals surface area contributed by atoms with Gasteiger partial charge in [0, 0.05) is 24.7 Å². The summed E-state index contributed by atoms with van der Waals surface area (Å²) in [4.78, 5) is 14.3. The van der Waals surface area contributed by atoms with Crippen LogP contribution in [-0.2, 0) is 19.6 Å². The second-order valence-corrected chi connectivity index (χ2v) is 10.4. The molecule has 3 atom stereocenters. The van der Waals surface area contributed by atoms with E-state index in [0.717, 1.165) is 12.5 Å². The number of hydrogen-bond acceptors (Lipinski definition) is 4. The third-order valence-electron chi connectivity index (χ3n) is 6.64. The minimum Gasteiger partial charge on any atom is -0.379 e. The van der Waals surface area contributed by atoms with Crippen molar-refractivity contribution in [1.29, 1.82) is 0 Å². The summed E-state index contributed by atoms with van der Waals surface area (Å²) >= 11 is 0. The lowest BCUT2D eigenvalue weighted by Gasteiger charge is -2.40. The zero-order chi connectivity index (χ0) is 20.3. The van der Waals surface area contributed by atoms with E-state index in [4.69, 9.17) is 4.74 Å². The minimum absolute atomic E-state index is 0.00927. The Kier molecular flexibility index (Phi) is 6.53. The number of rotatable bonds is 5. The van der Waals surface area contributed by atoms with Gasteiger partial charge in [0.25, 0.3) is 5.91 Å². The van der Waals surface area contributed by atoms with E-state index >= 15 is 0 Å². The van der Waals surface area contributed by atoms with Crippen LogP contribution >= 0.6 is 0 Å². The molecule has 29 heavy (non-hydrogen) atoms. The lowest BCUT2D eigenvalue weighted by molar-refractivity contribution is -0.928. The number of fused-ring (bicyclic) bond motifs is 1. The number of carbonyl (C=O) groups excluding carboxylic acids is 1. The summed E-state index contributed by atoms with van der Waals surface area (Å²) in [6.45, 7) is 3.17. The molecule has 1 aromatic rings. The predicted octanol–water partition coefficient (Wildman–Crippen LogP) is 0.884. The van der Waals surface area contributed by atoms with Crippen LogP contribution in [0, 0.1) is 5.92 Å². The Morgan fingerprint density at radius 2 is 1.76 bits per heavy atom. The molecule has 3 aliphatic rings. The van der Waals surface area contributed by atoms with Gasteiger partial charge >= 0.3 is 0 Å². The summed E-state index contributed by atoms with van der Waals surface area (Å²) in [5.41, 5.74) is 0.646. The van der Waals surface area contributed by atoms with E-state index in [9.17, 15) is 13.2 Å². The summed E-state index contributed by atoms with van der Waals surface area (Å²) in [6, 6.07) is 7.14. The predicted molar refractivity (Wildman–Crippen MR) is 110 cm³/mol. The standard InChI is InChI=1S/C21H31N3O4S/c25-21(16-23-11-3-5-17-4-1-2-6-20(17)23)22-18-7-9-19(10-8-18)29(26,27)24-12-14-28-15-13-24/h7-10,17,20H,1-6,11-16H2,(H,22,25)/p+1/t17-,20-/m0/s1. The van der Waals surface area contributed by atoms with E-state index in [2.05, 4.69) is 5.32 Å². The summed E-state index contributed by atoms with van der Waals surface area (Å²) in [7, 11) is -3.51. The molecular weight excluding hydrogens is 390 g/mol. The number of nitrogens with zero attached hydrogens (tertiary/aromatic N) is 1. The fraction of sp³-hybridized carbons (Fsp3) is 0.667. The Balaban J connectivity index is 1.35. The van der Waals surface area contributed by atoms with Crippen LogP contribution in [0.25, 0.3) is 0 Å². The number of benzene rings is 1. The maximum Gasteiger partial charge on any atom is 0.279 e. The van der Waals surface area contributed by atoms with Crippen molar-refractivity contribution in [2.24, 2.45) is 5.92 Å². The van der Waals surface area contributed by atoms with Gasteiger partial charge in [-0.25, -0.2) is 8.42 Å². The van der Waals surface area contributed by atoms with Crippen LogP contribution in [0.4, 0.5) is 5.69 Å². The molecule has 0 radical (unpaired) electrons. The van der Waals surface area contributed by atoms with E-state index in [1.165, 1.54) is 47.7 Å². The van der Waals surface area contributed by atoms with Crippen LogP contribution in [0.5, 0.6) is 0 Å². The lowest BCUT2D eigenvalue weighted by atomic mass is 9.78. The number of nitrogens with one attached hydrogen (secondary N) is 2. The van der Waals surface area contributed by atoms with Crippen molar-refractivity contribution in [3.63, 3.8) is 0 Å². The molecule has 160 valence electrons. The Labute approximate surface area is 173 Å². The molecule has 2 saturated heterocycles. The van der Waals surface area contributed by atoms with Crippen molar-refractivity contribution >= 4 is 21.6 Å². The number of ether oxygens (including phenoxy) is 1. The molecule has 2 heterocycles. The Morgan fingerprint density at radius 1 is 1.07 bits per heavy atom. The third-order valence-corrected chi connectivity index (χ3v) is 8.55. The highest BCUT2D eigenvalue weighted by atomic mass is 32.2. The van der Waals surface area contributed by atoms with Gasteiger partial charge in [0.1, 0.15) is 0 Å². The van der Waals surface area contributed by atoms with E-state index in [1.807, 2.05) is 0 Å². The maximum absolute atomic E-state index is 12.7. The van der Waals surface area contributed by atoms with Crippen molar-refractivity contribution in [2.75, 3.05) is 44.7 Å². The van der Waals surface area contributed by atoms with E-state index < -0.39 is 10.0 Å². The molecule has 4 rings (SSSR count). The van der Waals surface area contributed by atoms with E-state index in [0.29, 0.717) is 44.6 Å². The monoisotopic (exact) mass is 422 g/mol. The Hall–Kier alpha value is -1.48. The van der Waals surface area contributed by atoms with Crippen molar-refractivity contribution < 1.29 is 22.8 Å². The quantitative estimate of drug-likeness (QED) is 0.738. The second-order valence-electron chi connectivity index (χ2n) is 8.47. The van der Waals surface area contributed by atoms with E-state index in [1.54, 1.807) is 24.3 Å². The average molecular weight is 423 g/mol. The second kappa shape index (κ2) is 9.12. The molecule has 7 nitrogen and oxygen atoms in total. The van der Waals surface area contributed by atoms with E-state index in [-0.39, 0.29) is 10.8 Å². The van der Waals surface area contributed by atoms with Crippen LogP contribution in [0.15, 0.2) is 29.2 Å². The number of morpholine rings is 1. The molecule has 2 aliphatic heterocycles. The molecule has 1 aliphatic carbocycles. The fourth-order valence-corrected chi connectivity index (χ4v) is 6.55. The van der Waals surface area contributed by atoms with Gasteiger partial charge in [0.2, 0.25) is 10.0 Å². The summed E-state index contributed by atoms with van der Waals surface area (Å²) in [5, 5.41) is 2.95. The molecule has 0 bridgehead atoms. The van der Waals surface area contributed by atoms with Crippen LogP contribution < -0.4 is 10.2 Å². The lowest BCUT2D eigenvalue weighted by Crippen LogP contribution is -3.18. The molecule has 1 saturated carbocycles. The third kappa shape index (κ3) is 4.82. The first-order valence-corrected chi connectivity index (χ1v) is 12.3. The highest BCUT2D eigenvalue weighted by molar-refractivity contribution is 7.89. The highest BCUT2D eigenvalue weighted by Gasteiger charge is 2.37. The number of sulfonamides is 1. The Morgan fingerprint density at radius 3 is 2.52 bits per heavy atom. The SMILES string of the molecule is O=C(C[NH+]1CCC[C@@H]2CCCC[C@@H]21)Nc1ccc(S(=O)(=O)N2CCOCC2)cc1. The van der Waals surface area contributed by atoms with Crippen LogP contribution in [0.3, 0.4) is 0 Å². The zero-order valence-corrected chi connectivity index (χ0v) is 17.8. The fourth-order valence-electron chi connectivity index (χ4n) is 5.14. The molecule has 1 unspecified atom stereocenters. The molecule has 2 N–H and O–H groups in total. The molecule has 1 aromatic carbocycles. The molecule has 3 fully saturated rings. The van der Waals surface area contributed by atoms with Crippen LogP contribution in [0.2, 0.25) is 0 Å². The first-order valence-electron chi connectivity index (χ1n) is 10.9. The molecule has 8 heteroatoms. The summed E-state index contributed by atoms with van der Waals surface area (Å²) in [5.74, 6) is 0.792. The van der Waals surface area contributed by atoms with Crippen LogP contribution in [-0.4, -0.2) is 64.1 Å². The van der Waals surface area contributed by atoms with Gasteiger partial charge in [0.05, 0.1) is 30.7 Å². The zero-order valence-electron chi connectivity index (χ0n) is 16.9. The number of hydrogen-bond donors (Lipinski definition) is 2. The molecule has 0 aromatic heterocycles. The Bertz CT molecular complexity index is 804. The minimum atomic E-state index is -3.51. The summed E-state index contributed by atoms with van der Waals surface area (Å²) < 4.78 is 32.1. The van der Waals surface area contributed by atoms with Crippen molar-refractivity contribution in [3.8, 4) is 0 Å². The van der Waals surface area contributed by atoms with Crippen molar-refractivity contribution in [1.82, 2.24) is 4.31 Å². The van der Waals surface area contributed by atoms with Gasteiger partial charge in [-0.2, -0.15) is 4.31 Å². The topological polar surface area (TPSA) is 80.2 Å². The van der Waals surface area contributed by atoms with Gasteiger partial charge in [0.15, 0.2) is 6.54 Å². The van der Waals surface area contributed by atoms with Gasteiger partial charge in [-0.1, -0.05) is 6.42 Å². The van der Waals surface area contributed by atoms with Gasteiger partial charge in [-0.05, 0) is 56.4 Å². The smallest absolute Gasteiger partial charge is 0.279 e. The first kappa shape index (κ1) is 20.8. The molecular formula is C21H32N3O4S+. The summed E-state index contributed by atoms with van der Waals surface area (Å²) in [6.07, 6.45) is 7.69. The number of amides is 1. The number of likely N-dealkylation sites (tertiary alicyclic amines) is 1.